The van der Waals surface area contributed by atoms with Crippen LogP contribution in [0.4, 0.5) is 0 Å². The van der Waals surface area contributed by atoms with Crippen LogP contribution in [0.25, 0.3) is 0 Å². The summed E-state index contributed by atoms with van der Waals surface area (Å²) in [6.45, 7) is 6.41. The summed E-state index contributed by atoms with van der Waals surface area (Å²) in [6, 6.07) is 10.2. The number of hydrogen-bond acceptors (Lipinski definition) is 6. The molecule has 2 heterocycles. The molecular formula is C20H22N4O3. The second kappa shape index (κ2) is 6.80. The van der Waals surface area contributed by atoms with Crippen molar-refractivity contribution in [1.82, 2.24) is 10.2 Å². The standard InChI is InChI=1S/C20H22N4O3/c1-20(2,3)12-7-5-11(6-8-12)16-13(10-21)18(22)27-19-17(16)14(23-24-19)9-15(25)26-4/h5-8,16H,9,22H2,1-4H3,(H,23,24)/t16-/m0/s1. The maximum atomic E-state index is 11.8. The minimum absolute atomic E-state index is 0.00260. The molecule has 7 nitrogen and oxygen atoms in total. The molecule has 0 saturated heterocycles. The van der Waals surface area contributed by atoms with Crippen molar-refractivity contribution in [3.8, 4) is 11.9 Å². The number of benzene rings is 1. The van der Waals surface area contributed by atoms with Crippen molar-refractivity contribution in [3.63, 3.8) is 0 Å². The van der Waals surface area contributed by atoms with Gasteiger partial charge in [0, 0.05) is 0 Å². The van der Waals surface area contributed by atoms with Gasteiger partial charge in [0.25, 0.3) is 0 Å². The number of rotatable bonds is 3. The Morgan fingerprint density at radius 3 is 2.59 bits per heavy atom. The number of nitriles is 1. The van der Waals surface area contributed by atoms with Crippen molar-refractivity contribution in [3.05, 3.63) is 58.1 Å². The van der Waals surface area contributed by atoms with Crippen LogP contribution >= 0.6 is 0 Å². The van der Waals surface area contributed by atoms with Crippen molar-refractivity contribution in [2.75, 3.05) is 7.11 Å². The van der Waals surface area contributed by atoms with E-state index in [1.54, 1.807) is 0 Å². The van der Waals surface area contributed by atoms with Crippen molar-refractivity contribution in [1.29, 1.82) is 5.26 Å². The fraction of sp³-hybridized carbons (Fsp3) is 0.350. The SMILES string of the molecule is COC(=O)Cc1[nH]nc2c1[C@@H](c1ccc(C(C)(C)C)cc1)C(C#N)=C(N)O2. The number of nitrogens with zero attached hydrogens (tertiary/aromatic N) is 2. The third kappa shape index (κ3) is 3.38. The molecule has 1 aliphatic heterocycles. The van der Waals surface area contributed by atoms with E-state index in [9.17, 15) is 10.1 Å². The van der Waals surface area contributed by atoms with Gasteiger partial charge in [0.15, 0.2) is 0 Å². The zero-order valence-electron chi connectivity index (χ0n) is 15.8. The fourth-order valence-corrected chi connectivity index (χ4v) is 3.17. The van der Waals surface area contributed by atoms with Gasteiger partial charge < -0.3 is 15.2 Å². The van der Waals surface area contributed by atoms with E-state index in [2.05, 4.69) is 37.0 Å². The van der Waals surface area contributed by atoms with Gasteiger partial charge in [0.2, 0.25) is 11.8 Å². The Hall–Kier alpha value is -3.27. The molecule has 1 aromatic heterocycles. The smallest absolute Gasteiger partial charge is 0.311 e. The Labute approximate surface area is 157 Å². The van der Waals surface area contributed by atoms with Crippen molar-refractivity contribution < 1.29 is 14.3 Å². The predicted octanol–water partition coefficient (Wildman–Crippen LogP) is 2.64. The van der Waals surface area contributed by atoms with Crippen LogP contribution in [0, 0.1) is 11.3 Å². The highest BCUT2D eigenvalue weighted by molar-refractivity contribution is 5.73. The van der Waals surface area contributed by atoms with Gasteiger partial charge in [-0.2, -0.15) is 5.26 Å². The monoisotopic (exact) mass is 366 g/mol. The first-order chi connectivity index (χ1) is 12.8. The summed E-state index contributed by atoms with van der Waals surface area (Å²) in [5.74, 6) is -0.586. The van der Waals surface area contributed by atoms with Gasteiger partial charge in [0.1, 0.15) is 11.6 Å². The van der Waals surface area contributed by atoms with E-state index in [1.165, 1.54) is 12.7 Å². The van der Waals surface area contributed by atoms with E-state index in [0.29, 0.717) is 16.8 Å². The number of carbonyl (C=O) groups is 1. The van der Waals surface area contributed by atoms with Crippen LogP contribution in [0.5, 0.6) is 5.88 Å². The molecule has 0 unspecified atom stereocenters. The molecular weight excluding hydrogens is 344 g/mol. The molecule has 0 bridgehead atoms. The number of nitrogens with one attached hydrogen (secondary N) is 1. The van der Waals surface area contributed by atoms with Gasteiger partial charge >= 0.3 is 5.97 Å². The van der Waals surface area contributed by atoms with Crippen LogP contribution in [-0.2, 0) is 21.4 Å². The highest BCUT2D eigenvalue weighted by Crippen LogP contribution is 2.43. The summed E-state index contributed by atoms with van der Waals surface area (Å²) < 4.78 is 10.3. The van der Waals surface area contributed by atoms with E-state index >= 15 is 0 Å². The van der Waals surface area contributed by atoms with Gasteiger partial charge in [0.05, 0.1) is 30.7 Å². The van der Waals surface area contributed by atoms with Gasteiger partial charge in [-0.05, 0) is 16.5 Å². The van der Waals surface area contributed by atoms with Crippen molar-refractivity contribution in [2.45, 2.75) is 38.5 Å². The lowest BCUT2D eigenvalue weighted by molar-refractivity contribution is -0.139. The number of nitrogens with two attached hydrogens (primary N) is 1. The second-order valence-electron chi connectivity index (χ2n) is 7.47. The van der Waals surface area contributed by atoms with Crippen LogP contribution in [0.3, 0.4) is 0 Å². The first kappa shape index (κ1) is 18.5. The maximum Gasteiger partial charge on any atom is 0.311 e. The molecule has 1 aromatic carbocycles. The molecule has 0 spiro atoms. The van der Waals surface area contributed by atoms with E-state index < -0.39 is 11.9 Å². The molecule has 1 aliphatic rings. The number of ether oxygens (including phenoxy) is 2. The Kier molecular flexibility index (Phi) is 4.66. The summed E-state index contributed by atoms with van der Waals surface area (Å²) in [4.78, 5) is 11.8. The molecule has 7 heteroatoms. The zero-order valence-corrected chi connectivity index (χ0v) is 15.8. The Morgan fingerprint density at radius 1 is 1.37 bits per heavy atom. The normalized spacial score (nSPS) is 16.3. The van der Waals surface area contributed by atoms with Gasteiger partial charge in [-0.3, -0.25) is 9.89 Å². The second-order valence-corrected chi connectivity index (χ2v) is 7.47. The molecule has 0 amide bonds. The minimum Gasteiger partial charge on any atom is -0.469 e. The number of aromatic nitrogens is 2. The van der Waals surface area contributed by atoms with Crippen LogP contribution in [-0.4, -0.2) is 23.3 Å². The molecule has 27 heavy (non-hydrogen) atoms. The molecule has 140 valence electrons. The van der Waals surface area contributed by atoms with Crippen LogP contribution in [0.1, 0.15) is 49.1 Å². The third-order valence-corrected chi connectivity index (χ3v) is 4.68. The number of fused-ring (bicyclic) bond motifs is 1. The lowest BCUT2D eigenvalue weighted by atomic mass is 9.81. The molecule has 1 atom stereocenters. The van der Waals surface area contributed by atoms with Crippen LogP contribution < -0.4 is 10.5 Å². The Morgan fingerprint density at radius 2 is 2.04 bits per heavy atom. The topological polar surface area (TPSA) is 114 Å². The number of aromatic amines is 1. The molecule has 0 fully saturated rings. The minimum atomic E-state index is -0.467. The zero-order chi connectivity index (χ0) is 19.8. The molecule has 3 N–H and O–H groups in total. The van der Waals surface area contributed by atoms with E-state index in [1.807, 2.05) is 24.3 Å². The first-order valence-electron chi connectivity index (χ1n) is 8.58. The summed E-state index contributed by atoms with van der Waals surface area (Å²) in [7, 11) is 1.32. The van der Waals surface area contributed by atoms with Crippen LogP contribution in [0.2, 0.25) is 0 Å². The summed E-state index contributed by atoms with van der Waals surface area (Å²) in [5.41, 5.74) is 9.49. The highest BCUT2D eigenvalue weighted by atomic mass is 16.5. The molecule has 0 radical (unpaired) electrons. The lowest BCUT2D eigenvalue weighted by Crippen LogP contribution is -2.22. The van der Waals surface area contributed by atoms with Gasteiger partial charge in [-0.1, -0.05) is 45.0 Å². The maximum absolute atomic E-state index is 11.8. The fourth-order valence-electron chi connectivity index (χ4n) is 3.17. The van der Waals surface area contributed by atoms with E-state index in [-0.39, 0.29) is 23.6 Å². The Balaban J connectivity index is 2.12. The number of esters is 1. The van der Waals surface area contributed by atoms with Gasteiger partial charge in [-0.15, -0.1) is 5.10 Å². The molecule has 3 rings (SSSR count). The average Bonchev–Trinajstić information content (AvgIpc) is 3.01. The van der Waals surface area contributed by atoms with E-state index in [0.717, 1.165) is 5.56 Å². The lowest BCUT2D eigenvalue weighted by Gasteiger charge is -2.25. The largest absolute Gasteiger partial charge is 0.469 e. The average molecular weight is 366 g/mol. The third-order valence-electron chi connectivity index (χ3n) is 4.68. The number of allylic oxidation sites excluding steroid dienone is 1. The number of carbonyl (C=O) groups excluding carboxylic acids is 1. The number of H-pyrrole nitrogens is 1. The van der Waals surface area contributed by atoms with Crippen molar-refractivity contribution in [2.24, 2.45) is 5.73 Å². The van der Waals surface area contributed by atoms with Crippen LogP contribution in [0.15, 0.2) is 35.7 Å². The quantitative estimate of drug-likeness (QED) is 0.807. The molecule has 0 aliphatic carbocycles. The summed E-state index contributed by atoms with van der Waals surface area (Å²) >= 11 is 0. The molecule has 2 aromatic rings. The summed E-state index contributed by atoms with van der Waals surface area (Å²) in [6.07, 6.45) is -0.00260. The first-order valence-corrected chi connectivity index (χ1v) is 8.58. The van der Waals surface area contributed by atoms with Crippen molar-refractivity contribution >= 4 is 5.97 Å². The van der Waals surface area contributed by atoms with E-state index in [4.69, 9.17) is 15.2 Å². The van der Waals surface area contributed by atoms with Gasteiger partial charge in [-0.25, -0.2) is 0 Å². The summed E-state index contributed by atoms with van der Waals surface area (Å²) in [5, 5.41) is 16.6. The predicted molar refractivity (Wildman–Crippen MR) is 98.7 cm³/mol. The Bertz CT molecular complexity index is 943. The highest BCUT2D eigenvalue weighted by Gasteiger charge is 2.35. The molecule has 0 saturated carbocycles. The number of hydrogen-bond donors (Lipinski definition) is 2. The number of methoxy groups -OCH3 is 1.